The molecular formula is C18H19N3O5. The van der Waals surface area contributed by atoms with E-state index >= 15 is 0 Å². The first-order valence-corrected chi connectivity index (χ1v) is 7.87. The van der Waals surface area contributed by atoms with Crippen LogP contribution >= 0.6 is 0 Å². The summed E-state index contributed by atoms with van der Waals surface area (Å²) >= 11 is 0. The van der Waals surface area contributed by atoms with Crippen molar-refractivity contribution in [1.29, 1.82) is 0 Å². The lowest BCUT2D eigenvalue weighted by Crippen LogP contribution is -2.36. The molecule has 0 heterocycles. The fraction of sp³-hybridized carbons (Fsp3) is 0.222. The number of nitrogens with zero attached hydrogens (tertiary/aromatic N) is 1. The van der Waals surface area contributed by atoms with E-state index in [9.17, 15) is 19.7 Å². The molecule has 0 radical (unpaired) electrons. The van der Waals surface area contributed by atoms with E-state index in [1.807, 2.05) is 32.0 Å². The summed E-state index contributed by atoms with van der Waals surface area (Å²) in [6, 6.07) is 11.4. The average molecular weight is 357 g/mol. The number of carbonyl (C=O) groups excluding carboxylic acids is 2. The predicted octanol–water partition coefficient (Wildman–Crippen LogP) is 2.35. The van der Waals surface area contributed by atoms with E-state index in [4.69, 9.17) is 4.74 Å². The molecule has 2 aromatic carbocycles. The van der Waals surface area contributed by atoms with Crippen LogP contribution in [0.2, 0.25) is 0 Å². The third-order valence-electron chi connectivity index (χ3n) is 3.61. The zero-order valence-corrected chi connectivity index (χ0v) is 14.4. The summed E-state index contributed by atoms with van der Waals surface area (Å²) in [5.41, 5.74) is 2.32. The Hall–Kier alpha value is -3.42. The van der Waals surface area contributed by atoms with E-state index in [-0.39, 0.29) is 23.9 Å². The van der Waals surface area contributed by atoms with Gasteiger partial charge in [0.2, 0.25) is 5.91 Å². The first-order chi connectivity index (χ1) is 12.4. The topological polar surface area (TPSA) is 111 Å². The third kappa shape index (κ3) is 5.04. The van der Waals surface area contributed by atoms with Gasteiger partial charge in [0.15, 0.2) is 12.4 Å². The molecule has 2 aromatic rings. The number of benzene rings is 2. The van der Waals surface area contributed by atoms with Crippen LogP contribution in [0.15, 0.2) is 42.5 Å². The van der Waals surface area contributed by atoms with Gasteiger partial charge in [-0.15, -0.1) is 0 Å². The average Bonchev–Trinajstić information content (AvgIpc) is 2.61. The summed E-state index contributed by atoms with van der Waals surface area (Å²) in [5, 5.41) is 16.0. The van der Waals surface area contributed by atoms with Crippen LogP contribution < -0.4 is 15.4 Å². The highest BCUT2D eigenvalue weighted by Crippen LogP contribution is 2.25. The predicted molar refractivity (Wildman–Crippen MR) is 96.1 cm³/mol. The highest BCUT2D eigenvalue weighted by atomic mass is 16.6. The molecule has 26 heavy (non-hydrogen) atoms. The molecule has 0 aliphatic rings. The van der Waals surface area contributed by atoms with Gasteiger partial charge >= 0.3 is 5.69 Å². The molecule has 0 bridgehead atoms. The van der Waals surface area contributed by atoms with Crippen molar-refractivity contribution < 1.29 is 19.2 Å². The summed E-state index contributed by atoms with van der Waals surface area (Å²) in [6.07, 6.45) is 0. The fourth-order valence-corrected chi connectivity index (χ4v) is 2.30. The number of ether oxygens (including phenoxy) is 1. The second-order valence-electron chi connectivity index (χ2n) is 5.61. The minimum atomic E-state index is -0.592. The third-order valence-corrected chi connectivity index (χ3v) is 3.61. The van der Waals surface area contributed by atoms with Crippen LogP contribution in [0.3, 0.4) is 0 Å². The molecule has 0 fully saturated rings. The Morgan fingerprint density at radius 3 is 2.35 bits per heavy atom. The van der Waals surface area contributed by atoms with Gasteiger partial charge in [0.1, 0.15) is 0 Å². The Bertz CT molecular complexity index is 815. The smallest absolute Gasteiger partial charge is 0.310 e. The van der Waals surface area contributed by atoms with Crippen LogP contribution in [-0.4, -0.2) is 29.9 Å². The van der Waals surface area contributed by atoms with Crippen molar-refractivity contribution in [1.82, 2.24) is 5.32 Å². The monoisotopic (exact) mass is 357 g/mol. The first kappa shape index (κ1) is 18.9. The number of aryl methyl sites for hydroxylation is 2. The van der Waals surface area contributed by atoms with E-state index in [2.05, 4.69) is 10.6 Å². The van der Waals surface area contributed by atoms with Crippen LogP contribution in [-0.2, 0) is 9.59 Å². The number of hydrogen-bond acceptors (Lipinski definition) is 5. The van der Waals surface area contributed by atoms with E-state index < -0.39 is 17.4 Å². The minimum Gasteiger partial charge on any atom is -0.477 e. The van der Waals surface area contributed by atoms with Gasteiger partial charge in [-0.1, -0.05) is 30.3 Å². The van der Waals surface area contributed by atoms with Crippen molar-refractivity contribution in [3.63, 3.8) is 0 Å². The normalized spacial score (nSPS) is 10.1. The van der Waals surface area contributed by atoms with Gasteiger partial charge in [0.25, 0.3) is 5.91 Å². The molecule has 0 saturated heterocycles. The molecule has 0 unspecified atom stereocenters. The van der Waals surface area contributed by atoms with Gasteiger partial charge < -0.3 is 15.4 Å². The summed E-state index contributed by atoms with van der Waals surface area (Å²) < 4.78 is 5.16. The molecule has 8 heteroatoms. The second kappa shape index (κ2) is 8.61. The Labute approximate surface area is 150 Å². The van der Waals surface area contributed by atoms with E-state index in [0.29, 0.717) is 5.69 Å². The van der Waals surface area contributed by atoms with E-state index in [1.54, 1.807) is 6.07 Å². The van der Waals surface area contributed by atoms with Gasteiger partial charge in [-0.25, -0.2) is 0 Å². The fourth-order valence-electron chi connectivity index (χ4n) is 2.30. The second-order valence-corrected chi connectivity index (χ2v) is 5.61. The first-order valence-electron chi connectivity index (χ1n) is 7.87. The molecular weight excluding hydrogens is 338 g/mol. The van der Waals surface area contributed by atoms with E-state index in [0.717, 1.165) is 11.1 Å². The molecule has 0 aliphatic carbocycles. The van der Waals surface area contributed by atoms with Crippen molar-refractivity contribution in [3.8, 4) is 5.75 Å². The van der Waals surface area contributed by atoms with Gasteiger partial charge in [-0.2, -0.15) is 0 Å². The Morgan fingerprint density at radius 1 is 1.04 bits per heavy atom. The summed E-state index contributed by atoms with van der Waals surface area (Å²) in [6.45, 7) is 3.10. The number of anilines is 1. The number of nitro groups is 1. The molecule has 0 atom stereocenters. The molecule has 0 spiro atoms. The van der Waals surface area contributed by atoms with Crippen LogP contribution in [0.1, 0.15) is 11.1 Å². The lowest BCUT2D eigenvalue weighted by atomic mass is 10.1. The van der Waals surface area contributed by atoms with E-state index in [1.165, 1.54) is 18.2 Å². The Morgan fingerprint density at radius 2 is 1.69 bits per heavy atom. The molecule has 8 nitrogen and oxygen atoms in total. The van der Waals surface area contributed by atoms with Gasteiger partial charge in [0.05, 0.1) is 11.5 Å². The largest absolute Gasteiger partial charge is 0.477 e. The highest BCUT2D eigenvalue weighted by molar-refractivity contribution is 5.95. The van der Waals surface area contributed by atoms with Crippen molar-refractivity contribution in [2.24, 2.45) is 0 Å². The van der Waals surface area contributed by atoms with Crippen molar-refractivity contribution in [2.75, 3.05) is 18.5 Å². The number of hydrogen-bond donors (Lipinski definition) is 2. The standard InChI is InChI=1S/C18H19N3O5/c1-12-6-5-7-13(2)18(12)20-16(22)10-19-17(23)11-26-15-9-4-3-8-14(15)21(24)25/h3-9H,10-11H2,1-2H3,(H,19,23)(H,20,22). The van der Waals surface area contributed by atoms with Gasteiger partial charge in [-0.3, -0.25) is 19.7 Å². The number of carbonyl (C=O) groups is 2. The zero-order chi connectivity index (χ0) is 19.1. The number of nitro benzene ring substituents is 1. The Kier molecular flexibility index (Phi) is 6.26. The van der Waals surface area contributed by atoms with Gasteiger partial charge in [0, 0.05) is 11.8 Å². The van der Waals surface area contributed by atoms with Crippen molar-refractivity contribution >= 4 is 23.2 Å². The lowest BCUT2D eigenvalue weighted by Gasteiger charge is -2.12. The number of nitrogens with one attached hydrogen (secondary N) is 2. The van der Waals surface area contributed by atoms with Gasteiger partial charge in [-0.05, 0) is 31.0 Å². The molecule has 2 rings (SSSR count). The highest BCUT2D eigenvalue weighted by Gasteiger charge is 2.15. The number of para-hydroxylation sites is 3. The summed E-state index contributed by atoms with van der Waals surface area (Å²) in [4.78, 5) is 34.1. The zero-order valence-electron chi connectivity index (χ0n) is 14.4. The molecule has 0 aliphatic heterocycles. The summed E-state index contributed by atoms with van der Waals surface area (Å²) in [5.74, 6) is -0.936. The number of rotatable bonds is 7. The number of amides is 2. The van der Waals surface area contributed by atoms with Crippen molar-refractivity contribution in [2.45, 2.75) is 13.8 Å². The molecule has 2 N–H and O–H groups in total. The van der Waals surface area contributed by atoms with Crippen LogP contribution in [0.4, 0.5) is 11.4 Å². The SMILES string of the molecule is Cc1cccc(C)c1NC(=O)CNC(=O)COc1ccccc1[N+](=O)[O-]. The minimum absolute atomic E-state index is 0.00682. The Balaban J connectivity index is 1.84. The van der Waals surface area contributed by atoms with Crippen molar-refractivity contribution in [3.05, 3.63) is 63.7 Å². The summed E-state index contributed by atoms with van der Waals surface area (Å²) in [7, 11) is 0. The van der Waals surface area contributed by atoms with Crippen LogP contribution in [0.25, 0.3) is 0 Å². The maximum atomic E-state index is 12.0. The molecule has 136 valence electrons. The maximum absolute atomic E-state index is 12.0. The van der Waals surface area contributed by atoms with Crippen LogP contribution in [0.5, 0.6) is 5.75 Å². The molecule has 0 saturated carbocycles. The molecule has 2 amide bonds. The maximum Gasteiger partial charge on any atom is 0.310 e. The quantitative estimate of drug-likeness (QED) is 0.584. The lowest BCUT2D eigenvalue weighted by molar-refractivity contribution is -0.385. The van der Waals surface area contributed by atoms with Crippen LogP contribution in [0, 0.1) is 24.0 Å². The molecule has 0 aromatic heterocycles.